The van der Waals surface area contributed by atoms with Gasteiger partial charge in [-0.3, -0.25) is 14.5 Å². The number of carbonyl (C=O) groups is 2. The molecule has 2 bridgehead atoms. The van der Waals surface area contributed by atoms with E-state index in [1.165, 1.54) is 0 Å². The Morgan fingerprint density at radius 2 is 1.67 bits per heavy atom. The quantitative estimate of drug-likeness (QED) is 0.661. The Kier molecular flexibility index (Phi) is 3.81. The maximum absolute atomic E-state index is 12.3. The third-order valence-electron chi connectivity index (χ3n) is 4.81. The van der Waals surface area contributed by atoms with Gasteiger partial charge >= 0.3 is 0 Å². The SMILES string of the molecule is CCCCS(=O)(=O)CCN1C(=O)[C@@H]2[C@H](C1=O)[C@@H]1CC[C@@H]2O1. The summed E-state index contributed by atoms with van der Waals surface area (Å²) in [7, 11) is -3.19. The van der Waals surface area contributed by atoms with Gasteiger partial charge in [0.2, 0.25) is 11.8 Å². The van der Waals surface area contributed by atoms with Crippen LogP contribution in [0.15, 0.2) is 0 Å². The van der Waals surface area contributed by atoms with E-state index >= 15 is 0 Å². The second-order valence-electron chi connectivity index (χ2n) is 6.18. The summed E-state index contributed by atoms with van der Waals surface area (Å²) >= 11 is 0. The van der Waals surface area contributed by atoms with Crippen molar-refractivity contribution in [3.63, 3.8) is 0 Å². The zero-order chi connectivity index (χ0) is 15.2. The van der Waals surface area contributed by atoms with E-state index in [0.29, 0.717) is 6.42 Å². The molecule has 0 radical (unpaired) electrons. The molecule has 0 spiro atoms. The van der Waals surface area contributed by atoms with Crippen LogP contribution in [0.2, 0.25) is 0 Å². The van der Waals surface area contributed by atoms with E-state index in [1.807, 2.05) is 6.92 Å². The molecule has 4 atom stereocenters. The zero-order valence-corrected chi connectivity index (χ0v) is 13.0. The number of carbonyl (C=O) groups excluding carboxylic acids is 2. The van der Waals surface area contributed by atoms with Gasteiger partial charge in [0.25, 0.3) is 0 Å². The maximum Gasteiger partial charge on any atom is 0.235 e. The highest BCUT2D eigenvalue weighted by Gasteiger charge is 2.62. The van der Waals surface area contributed by atoms with Crippen LogP contribution in [0.1, 0.15) is 32.6 Å². The van der Waals surface area contributed by atoms with Crippen molar-refractivity contribution in [1.82, 2.24) is 4.90 Å². The van der Waals surface area contributed by atoms with Gasteiger partial charge in [0, 0.05) is 6.54 Å². The summed E-state index contributed by atoms with van der Waals surface area (Å²) in [5.41, 5.74) is 0. The molecule has 3 rings (SSSR count). The predicted molar refractivity (Wildman–Crippen MR) is 75.2 cm³/mol. The van der Waals surface area contributed by atoms with Crippen molar-refractivity contribution in [2.45, 2.75) is 44.8 Å². The summed E-state index contributed by atoms with van der Waals surface area (Å²) in [4.78, 5) is 25.9. The average Bonchev–Trinajstić information content (AvgIpc) is 3.10. The van der Waals surface area contributed by atoms with Gasteiger partial charge in [0.15, 0.2) is 9.84 Å². The Hall–Kier alpha value is -0.950. The summed E-state index contributed by atoms with van der Waals surface area (Å²) in [5, 5.41) is 0. The van der Waals surface area contributed by atoms with Gasteiger partial charge < -0.3 is 4.74 Å². The lowest BCUT2D eigenvalue weighted by Gasteiger charge is -2.17. The average molecular weight is 315 g/mol. The van der Waals surface area contributed by atoms with Crippen molar-refractivity contribution >= 4 is 21.7 Å². The summed E-state index contributed by atoms with van der Waals surface area (Å²) in [6.07, 6.45) is 2.80. The Bertz CT molecular complexity index is 530. The minimum Gasteiger partial charge on any atom is -0.373 e. The molecule has 3 aliphatic rings. The lowest BCUT2D eigenvalue weighted by atomic mass is 9.81. The second-order valence-corrected chi connectivity index (χ2v) is 8.48. The third kappa shape index (κ3) is 2.50. The first-order valence-electron chi connectivity index (χ1n) is 7.65. The molecule has 2 amide bonds. The number of rotatable bonds is 6. The van der Waals surface area contributed by atoms with E-state index in [9.17, 15) is 18.0 Å². The van der Waals surface area contributed by atoms with Crippen LogP contribution < -0.4 is 0 Å². The fraction of sp³-hybridized carbons (Fsp3) is 0.857. The number of sulfone groups is 1. The topological polar surface area (TPSA) is 80.8 Å². The molecular weight excluding hydrogens is 294 g/mol. The molecule has 0 saturated carbocycles. The van der Waals surface area contributed by atoms with E-state index in [-0.39, 0.29) is 53.9 Å². The zero-order valence-electron chi connectivity index (χ0n) is 12.2. The number of amides is 2. The van der Waals surface area contributed by atoms with Crippen molar-refractivity contribution in [2.75, 3.05) is 18.1 Å². The van der Waals surface area contributed by atoms with Crippen LogP contribution in [-0.4, -0.2) is 55.4 Å². The summed E-state index contributed by atoms with van der Waals surface area (Å²) in [5.74, 6) is -1.20. The van der Waals surface area contributed by atoms with Crippen molar-refractivity contribution in [1.29, 1.82) is 0 Å². The van der Waals surface area contributed by atoms with Gasteiger partial charge in [0.1, 0.15) is 0 Å². The number of fused-ring (bicyclic) bond motifs is 5. The molecule has 0 aromatic carbocycles. The van der Waals surface area contributed by atoms with Gasteiger partial charge in [-0.05, 0) is 19.3 Å². The lowest BCUT2D eigenvalue weighted by molar-refractivity contribution is -0.142. The largest absolute Gasteiger partial charge is 0.373 e. The van der Waals surface area contributed by atoms with E-state index in [2.05, 4.69) is 0 Å². The molecule has 3 saturated heterocycles. The van der Waals surface area contributed by atoms with Gasteiger partial charge in [-0.25, -0.2) is 8.42 Å². The Balaban J connectivity index is 1.65. The van der Waals surface area contributed by atoms with E-state index < -0.39 is 9.84 Å². The highest BCUT2D eigenvalue weighted by Crippen LogP contribution is 2.48. The molecule has 0 aromatic heterocycles. The first-order valence-corrected chi connectivity index (χ1v) is 9.48. The molecule has 0 aromatic rings. The van der Waals surface area contributed by atoms with Crippen molar-refractivity contribution in [3.8, 4) is 0 Å². The summed E-state index contributed by atoms with van der Waals surface area (Å²) < 4.78 is 29.4. The number of imide groups is 1. The lowest BCUT2D eigenvalue weighted by Crippen LogP contribution is -2.38. The number of hydrogen-bond acceptors (Lipinski definition) is 5. The van der Waals surface area contributed by atoms with Crippen LogP contribution in [0.3, 0.4) is 0 Å². The number of likely N-dealkylation sites (tertiary alicyclic amines) is 1. The molecule has 0 unspecified atom stereocenters. The first kappa shape index (κ1) is 15.0. The van der Waals surface area contributed by atoms with Gasteiger partial charge in [0.05, 0.1) is 35.5 Å². The van der Waals surface area contributed by atoms with Crippen molar-refractivity contribution < 1.29 is 22.7 Å². The molecule has 118 valence electrons. The molecular formula is C14H21NO5S. The molecule has 7 heteroatoms. The molecule has 0 aliphatic carbocycles. The van der Waals surface area contributed by atoms with Crippen LogP contribution >= 0.6 is 0 Å². The van der Waals surface area contributed by atoms with E-state index in [0.717, 1.165) is 24.2 Å². The summed E-state index contributed by atoms with van der Waals surface area (Å²) in [6.45, 7) is 1.93. The van der Waals surface area contributed by atoms with E-state index in [4.69, 9.17) is 4.74 Å². The second kappa shape index (κ2) is 5.35. The van der Waals surface area contributed by atoms with Gasteiger partial charge in [-0.1, -0.05) is 13.3 Å². The molecule has 0 N–H and O–H groups in total. The highest BCUT2D eigenvalue weighted by molar-refractivity contribution is 7.91. The fourth-order valence-corrected chi connectivity index (χ4v) is 5.08. The number of ether oxygens (including phenoxy) is 1. The number of hydrogen-bond donors (Lipinski definition) is 0. The number of unbranched alkanes of at least 4 members (excludes halogenated alkanes) is 1. The standard InChI is InChI=1S/C14H21NO5S/c1-2-3-7-21(18,19)8-6-15-13(16)11-9-4-5-10(20-9)12(11)14(15)17/h9-12H,2-8H2,1H3/t9-,10-,11-,12+/m0/s1. The molecule has 3 heterocycles. The van der Waals surface area contributed by atoms with E-state index in [1.54, 1.807) is 0 Å². The highest BCUT2D eigenvalue weighted by atomic mass is 32.2. The van der Waals surface area contributed by atoms with Crippen molar-refractivity contribution in [3.05, 3.63) is 0 Å². The minimum atomic E-state index is -3.19. The first-order chi connectivity index (χ1) is 9.94. The van der Waals surface area contributed by atoms with Crippen LogP contribution in [0.4, 0.5) is 0 Å². The van der Waals surface area contributed by atoms with Gasteiger partial charge in [-0.2, -0.15) is 0 Å². The maximum atomic E-state index is 12.3. The Labute approximate surface area is 124 Å². The van der Waals surface area contributed by atoms with Crippen LogP contribution in [0, 0.1) is 11.8 Å². The van der Waals surface area contributed by atoms with Crippen LogP contribution in [-0.2, 0) is 24.2 Å². The smallest absolute Gasteiger partial charge is 0.235 e. The molecule has 3 aliphatic heterocycles. The van der Waals surface area contributed by atoms with Crippen LogP contribution in [0.25, 0.3) is 0 Å². The normalized spacial score (nSPS) is 34.8. The third-order valence-corrected chi connectivity index (χ3v) is 6.53. The molecule has 6 nitrogen and oxygen atoms in total. The van der Waals surface area contributed by atoms with Crippen LogP contribution in [0.5, 0.6) is 0 Å². The Morgan fingerprint density at radius 3 is 2.19 bits per heavy atom. The number of nitrogens with zero attached hydrogens (tertiary/aromatic N) is 1. The van der Waals surface area contributed by atoms with Gasteiger partial charge in [-0.15, -0.1) is 0 Å². The van der Waals surface area contributed by atoms with Crippen molar-refractivity contribution in [2.24, 2.45) is 11.8 Å². The minimum absolute atomic E-state index is 0.00382. The monoisotopic (exact) mass is 315 g/mol. The Morgan fingerprint density at radius 1 is 1.10 bits per heavy atom. The molecule has 21 heavy (non-hydrogen) atoms. The fourth-order valence-electron chi connectivity index (χ4n) is 3.69. The predicted octanol–water partition coefficient (Wildman–Crippen LogP) is 0.364. The summed E-state index contributed by atoms with van der Waals surface area (Å²) in [6, 6.07) is 0. The molecule has 3 fully saturated rings.